The summed E-state index contributed by atoms with van der Waals surface area (Å²) in [4.78, 5) is 15.6. The average molecular weight is 361 g/mol. The molecule has 3 N–H and O–H groups in total. The van der Waals surface area contributed by atoms with E-state index in [0.717, 1.165) is 29.2 Å². The Hall–Kier alpha value is -2.14. The smallest absolute Gasteiger partial charge is 0.277 e. The van der Waals surface area contributed by atoms with Gasteiger partial charge in [-0.25, -0.2) is 15.1 Å². The second-order valence-electron chi connectivity index (χ2n) is 6.07. The van der Waals surface area contributed by atoms with Gasteiger partial charge < -0.3 is 10.2 Å². The van der Waals surface area contributed by atoms with Crippen molar-refractivity contribution in [3.8, 4) is 11.4 Å². The van der Waals surface area contributed by atoms with Gasteiger partial charge in [0, 0.05) is 62.8 Å². The lowest BCUT2D eigenvalue weighted by molar-refractivity contribution is 0.384. The third kappa shape index (κ3) is 3.21. The Labute approximate surface area is 146 Å². The fourth-order valence-corrected chi connectivity index (χ4v) is 3.87. The van der Waals surface area contributed by atoms with Crippen LogP contribution in [-0.4, -0.2) is 53.9 Å². The van der Waals surface area contributed by atoms with Crippen LogP contribution in [0.1, 0.15) is 11.3 Å². The van der Waals surface area contributed by atoms with Gasteiger partial charge in [-0.05, 0) is 12.1 Å². The third-order valence-corrected chi connectivity index (χ3v) is 5.59. The molecule has 0 aromatic carbocycles. The zero-order valence-corrected chi connectivity index (χ0v) is 14.4. The Morgan fingerprint density at radius 3 is 2.44 bits per heavy atom. The summed E-state index contributed by atoms with van der Waals surface area (Å²) in [5.41, 5.74) is 2.99. The van der Waals surface area contributed by atoms with Gasteiger partial charge in [0.2, 0.25) is 0 Å². The predicted octanol–water partition coefficient (Wildman–Crippen LogP) is -0.533. The van der Waals surface area contributed by atoms with Crippen LogP contribution in [0.25, 0.3) is 11.4 Å². The minimum absolute atomic E-state index is 0.357. The summed E-state index contributed by atoms with van der Waals surface area (Å²) in [6, 6.07) is 3.76. The van der Waals surface area contributed by atoms with Crippen LogP contribution in [0.2, 0.25) is 0 Å². The van der Waals surface area contributed by atoms with Crippen LogP contribution >= 0.6 is 0 Å². The van der Waals surface area contributed by atoms with Crippen molar-refractivity contribution in [3.05, 3.63) is 35.8 Å². The lowest BCUT2D eigenvalue weighted by Crippen LogP contribution is -2.51. The summed E-state index contributed by atoms with van der Waals surface area (Å²) in [7, 11) is -3.64. The van der Waals surface area contributed by atoms with Gasteiger partial charge in [0.15, 0.2) is 5.82 Å². The van der Waals surface area contributed by atoms with Gasteiger partial charge in [-0.1, -0.05) is 0 Å². The fourth-order valence-electron chi connectivity index (χ4n) is 3.20. The van der Waals surface area contributed by atoms with Crippen LogP contribution in [0.15, 0.2) is 24.5 Å². The number of aromatic nitrogens is 3. The van der Waals surface area contributed by atoms with Gasteiger partial charge in [-0.2, -0.15) is 12.7 Å². The number of pyridine rings is 1. The van der Waals surface area contributed by atoms with Crippen molar-refractivity contribution in [1.82, 2.24) is 24.6 Å². The van der Waals surface area contributed by atoms with E-state index >= 15 is 0 Å². The number of fused-ring (bicyclic) bond motifs is 1. The van der Waals surface area contributed by atoms with Crippen molar-refractivity contribution in [2.24, 2.45) is 5.14 Å². The molecule has 1 fully saturated rings. The Kier molecular flexibility index (Phi) is 4.12. The first kappa shape index (κ1) is 16.3. The standard InChI is InChI=1S/C15H19N7O2S/c16-25(23,24)22-7-5-21(6-8-22)15-12-9-18-10-13(12)19-14(20-15)11-1-3-17-4-2-11/h1-4,18H,5-10H2,(H2,16,23,24). The summed E-state index contributed by atoms with van der Waals surface area (Å²) in [5.74, 6) is 1.53. The summed E-state index contributed by atoms with van der Waals surface area (Å²) < 4.78 is 24.3. The van der Waals surface area contributed by atoms with Gasteiger partial charge in [0.05, 0.1) is 5.69 Å². The van der Waals surface area contributed by atoms with E-state index in [1.165, 1.54) is 4.31 Å². The molecule has 0 saturated carbocycles. The first-order valence-electron chi connectivity index (χ1n) is 8.06. The third-order valence-electron chi connectivity index (χ3n) is 4.50. The molecule has 0 unspecified atom stereocenters. The average Bonchev–Trinajstić information content (AvgIpc) is 3.09. The van der Waals surface area contributed by atoms with Crippen LogP contribution in [0, 0.1) is 0 Å². The van der Waals surface area contributed by atoms with Crippen LogP contribution in [-0.2, 0) is 23.3 Å². The molecular weight excluding hydrogens is 342 g/mol. The van der Waals surface area contributed by atoms with Gasteiger partial charge >= 0.3 is 0 Å². The zero-order valence-electron chi connectivity index (χ0n) is 13.6. The second-order valence-corrected chi connectivity index (χ2v) is 7.61. The molecule has 9 nitrogen and oxygen atoms in total. The molecule has 0 amide bonds. The minimum atomic E-state index is -3.64. The molecule has 2 aliphatic heterocycles. The molecule has 2 aliphatic rings. The van der Waals surface area contributed by atoms with E-state index in [0.29, 0.717) is 38.5 Å². The lowest BCUT2D eigenvalue weighted by atomic mass is 10.2. The molecule has 2 aromatic heterocycles. The molecule has 2 aromatic rings. The SMILES string of the molecule is NS(=O)(=O)N1CCN(c2nc(-c3ccncc3)nc3c2CNC3)CC1. The molecule has 1 saturated heterocycles. The number of nitrogens with two attached hydrogens (primary N) is 1. The maximum atomic E-state index is 11.5. The van der Waals surface area contributed by atoms with Gasteiger partial charge in [-0.3, -0.25) is 4.98 Å². The maximum Gasteiger partial charge on any atom is 0.277 e. The van der Waals surface area contributed by atoms with E-state index in [1.807, 2.05) is 12.1 Å². The quantitative estimate of drug-likeness (QED) is 0.754. The first-order chi connectivity index (χ1) is 12.0. The molecule has 0 aliphatic carbocycles. The second kappa shape index (κ2) is 6.30. The highest BCUT2D eigenvalue weighted by molar-refractivity contribution is 7.86. The van der Waals surface area contributed by atoms with Gasteiger partial charge in [0.25, 0.3) is 10.2 Å². The highest BCUT2D eigenvalue weighted by Gasteiger charge is 2.28. The topological polar surface area (TPSA) is 117 Å². The Morgan fingerprint density at radius 2 is 1.76 bits per heavy atom. The minimum Gasteiger partial charge on any atom is -0.354 e. The molecule has 0 bridgehead atoms. The zero-order chi connectivity index (χ0) is 17.4. The summed E-state index contributed by atoms with van der Waals surface area (Å²) in [6.07, 6.45) is 3.43. The highest BCUT2D eigenvalue weighted by atomic mass is 32.2. The van der Waals surface area contributed by atoms with E-state index in [9.17, 15) is 8.42 Å². The largest absolute Gasteiger partial charge is 0.354 e. The van der Waals surface area contributed by atoms with E-state index in [4.69, 9.17) is 10.1 Å². The molecular formula is C15H19N7O2S. The lowest BCUT2D eigenvalue weighted by Gasteiger charge is -2.34. The number of nitrogens with one attached hydrogen (secondary N) is 1. The van der Waals surface area contributed by atoms with Crippen LogP contribution in [0.4, 0.5) is 5.82 Å². The van der Waals surface area contributed by atoms with Gasteiger partial charge in [0.1, 0.15) is 5.82 Å². The Balaban J connectivity index is 1.67. The molecule has 0 atom stereocenters. The number of nitrogens with zero attached hydrogens (tertiary/aromatic N) is 5. The van der Waals surface area contributed by atoms with Crippen molar-refractivity contribution < 1.29 is 8.42 Å². The number of hydrogen-bond donors (Lipinski definition) is 2. The molecule has 4 rings (SSSR count). The van der Waals surface area contributed by atoms with E-state index < -0.39 is 10.2 Å². The number of hydrogen-bond acceptors (Lipinski definition) is 7. The number of rotatable bonds is 3. The van der Waals surface area contributed by atoms with E-state index in [-0.39, 0.29) is 0 Å². The van der Waals surface area contributed by atoms with Crippen LogP contribution in [0.3, 0.4) is 0 Å². The molecule has 132 valence electrons. The maximum absolute atomic E-state index is 11.5. The number of piperazine rings is 1. The highest BCUT2D eigenvalue weighted by Crippen LogP contribution is 2.28. The van der Waals surface area contributed by atoms with E-state index in [1.54, 1.807) is 12.4 Å². The van der Waals surface area contributed by atoms with Crippen LogP contribution < -0.4 is 15.4 Å². The molecule has 0 spiro atoms. The molecule has 25 heavy (non-hydrogen) atoms. The normalized spacial score (nSPS) is 18.4. The van der Waals surface area contributed by atoms with Crippen molar-refractivity contribution in [3.63, 3.8) is 0 Å². The molecule has 10 heteroatoms. The molecule has 4 heterocycles. The summed E-state index contributed by atoms with van der Waals surface area (Å²) >= 11 is 0. The van der Waals surface area contributed by atoms with Crippen LogP contribution in [0.5, 0.6) is 0 Å². The van der Waals surface area contributed by atoms with E-state index in [2.05, 4.69) is 20.2 Å². The predicted molar refractivity (Wildman–Crippen MR) is 92.7 cm³/mol. The van der Waals surface area contributed by atoms with Gasteiger partial charge in [-0.15, -0.1) is 0 Å². The Bertz CT molecular complexity index is 880. The first-order valence-corrected chi connectivity index (χ1v) is 9.56. The monoisotopic (exact) mass is 361 g/mol. The van der Waals surface area contributed by atoms with Crippen molar-refractivity contribution in [1.29, 1.82) is 0 Å². The Morgan fingerprint density at radius 1 is 1.04 bits per heavy atom. The van der Waals surface area contributed by atoms with Crippen molar-refractivity contribution in [2.75, 3.05) is 31.1 Å². The summed E-state index contributed by atoms with van der Waals surface area (Å²) in [5, 5.41) is 8.53. The van der Waals surface area contributed by atoms with Crippen molar-refractivity contribution in [2.45, 2.75) is 13.1 Å². The summed E-state index contributed by atoms with van der Waals surface area (Å²) in [6.45, 7) is 3.24. The fraction of sp³-hybridized carbons (Fsp3) is 0.400. The van der Waals surface area contributed by atoms with Crippen molar-refractivity contribution >= 4 is 16.0 Å². The number of anilines is 1. The molecule has 0 radical (unpaired) electrons.